The third kappa shape index (κ3) is 3.40. The maximum Gasteiger partial charge on any atom is 0.408 e. The van der Waals surface area contributed by atoms with Crippen molar-refractivity contribution in [3.05, 3.63) is 64.9 Å². The van der Waals surface area contributed by atoms with E-state index in [1.807, 2.05) is 0 Å². The zero-order valence-electron chi connectivity index (χ0n) is 15.2. The smallest absolute Gasteiger partial charge is 0.408 e. The number of fused-ring (bicyclic) bond motifs is 1. The van der Waals surface area contributed by atoms with Gasteiger partial charge in [-0.25, -0.2) is 23.4 Å². The lowest BCUT2D eigenvalue weighted by Crippen LogP contribution is -2.29. The van der Waals surface area contributed by atoms with Gasteiger partial charge in [0.05, 0.1) is 27.9 Å². The molecular weight excluding hydrogens is 456 g/mol. The standard InChI is InChI=1S/C19H12ClF2N3O3S2/c1-28-15-6-5-11(10-23-15)16-17-14(7-8-29-17)24-18(25-16)19(21,22)30(26,27)13-4-2-3-12(20)9-13/h2-10H,1H3. The number of ether oxygens (including phenoxy) is 1. The van der Waals surface area contributed by atoms with Crippen LogP contribution in [0.1, 0.15) is 5.82 Å². The average Bonchev–Trinajstić information content (AvgIpc) is 3.22. The van der Waals surface area contributed by atoms with Gasteiger partial charge < -0.3 is 4.74 Å². The molecule has 0 saturated carbocycles. The molecule has 0 aliphatic heterocycles. The molecule has 6 nitrogen and oxygen atoms in total. The number of hydrogen-bond donors (Lipinski definition) is 0. The predicted molar refractivity (Wildman–Crippen MR) is 110 cm³/mol. The third-order valence-electron chi connectivity index (χ3n) is 4.23. The van der Waals surface area contributed by atoms with E-state index < -0.39 is 25.8 Å². The van der Waals surface area contributed by atoms with Gasteiger partial charge in [-0.2, -0.15) is 8.78 Å². The van der Waals surface area contributed by atoms with E-state index in [0.29, 0.717) is 16.1 Å². The number of sulfone groups is 1. The molecule has 4 aromatic rings. The SMILES string of the molecule is COc1ccc(-c2nc(C(F)(F)S(=O)(=O)c3cccc(Cl)c3)nc3ccsc23)cn1. The van der Waals surface area contributed by atoms with Crippen LogP contribution in [0.15, 0.2) is 58.9 Å². The normalized spacial score (nSPS) is 12.3. The molecule has 154 valence electrons. The number of benzene rings is 1. The van der Waals surface area contributed by atoms with E-state index in [2.05, 4.69) is 15.0 Å². The lowest BCUT2D eigenvalue weighted by Gasteiger charge is -2.17. The van der Waals surface area contributed by atoms with Gasteiger partial charge in [0.1, 0.15) is 0 Å². The molecule has 0 spiro atoms. The zero-order chi connectivity index (χ0) is 21.5. The monoisotopic (exact) mass is 467 g/mol. The van der Waals surface area contributed by atoms with E-state index in [9.17, 15) is 8.42 Å². The van der Waals surface area contributed by atoms with E-state index in [0.717, 1.165) is 12.1 Å². The highest BCUT2D eigenvalue weighted by Crippen LogP contribution is 2.40. The number of aromatic nitrogens is 3. The minimum Gasteiger partial charge on any atom is -0.481 e. The number of hydrogen-bond acceptors (Lipinski definition) is 7. The maximum atomic E-state index is 15.2. The first-order chi connectivity index (χ1) is 14.2. The Kier molecular flexibility index (Phi) is 5.16. The van der Waals surface area contributed by atoms with Gasteiger partial charge in [-0.05, 0) is 35.7 Å². The summed E-state index contributed by atoms with van der Waals surface area (Å²) < 4.78 is 61.4. The Morgan fingerprint density at radius 3 is 2.60 bits per heavy atom. The summed E-state index contributed by atoms with van der Waals surface area (Å²) in [7, 11) is -3.70. The van der Waals surface area contributed by atoms with Crippen molar-refractivity contribution in [2.45, 2.75) is 10.2 Å². The van der Waals surface area contributed by atoms with Crippen LogP contribution in [-0.4, -0.2) is 30.5 Å². The highest BCUT2D eigenvalue weighted by Gasteiger charge is 2.51. The molecule has 0 fully saturated rings. The molecule has 30 heavy (non-hydrogen) atoms. The van der Waals surface area contributed by atoms with Gasteiger partial charge in [0, 0.05) is 22.8 Å². The van der Waals surface area contributed by atoms with Crippen LogP contribution in [0.4, 0.5) is 8.78 Å². The molecule has 0 unspecified atom stereocenters. The Hall–Kier alpha value is -2.69. The molecule has 0 bridgehead atoms. The second kappa shape index (κ2) is 7.53. The quantitative estimate of drug-likeness (QED) is 0.413. The van der Waals surface area contributed by atoms with Crippen molar-refractivity contribution >= 4 is 43.0 Å². The fourth-order valence-electron chi connectivity index (χ4n) is 2.73. The van der Waals surface area contributed by atoms with E-state index in [-0.39, 0.29) is 16.2 Å². The third-order valence-corrected chi connectivity index (χ3v) is 7.10. The Bertz CT molecular complexity index is 1340. The number of nitrogens with zero attached hydrogens (tertiary/aromatic N) is 3. The molecule has 0 saturated heterocycles. The summed E-state index contributed by atoms with van der Waals surface area (Å²) in [6.45, 7) is 0. The van der Waals surface area contributed by atoms with Gasteiger partial charge >= 0.3 is 5.25 Å². The maximum absolute atomic E-state index is 15.2. The van der Waals surface area contributed by atoms with Crippen molar-refractivity contribution in [3.63, 3.8) is 0 Å². The Morgan fingerprint density at radius 2 is 1.93 bits per heavy atom. The summed E-state index contributed by atoms with van der Waals surface area (Å²) in [5, 5.41) is -2.71. The summed E-state index contributed by atoms with van der Waals surface area (Å²) in [5.41, 5.74) is 0.778. The van der Waals surface area contributed by atoms with Gasteiger partial charge in [0.25, 0.3) is 9.84 Å². The first kappa shape index (κ1) is 20.6. The lowest BCUT2D eigenvalue weighted by molar-refractivity contribution is 0.0808. The number of pyridine rings is 1. The van der Waals surface area contributed by atoms with Crippen LogP contribution in [0.25, 0.3) is 21.5 Å². The molecule has 0 atom stereocenters. The molecule has 0 amide bonds. The average molecular weight is 468 g/mol. The molecule has 0 aliphatic rings. The number of halogens is 3. The Morgan fingerprint density at radius 1 is 1.13 bits per heavy atom. The van der Waals surface area contributed by atoms with Gasteiger partial charge in [0.15, 0.2) is 0 Å². The lowest BCUT2D eigenvalue weighted by atomic mass is 10.2. The summed E-state index contributed by atoms with van der Waals surface area (Å²) >= 11 is 7.03. The van der Waals surface area contributed by atoms with E-state index in [1.165, 1.54) is 42.8 Å². The van der Waals surface area contributed by atoms with Crippen LogP contribution in [0.5, 0.6) is 5.88 Å². The summed E-state index contributed by atoms with van der Waals surface area (Å²) in [6, 6.07) is 9.35. The van der Waals surface area contributed by atoms with Crippen molar-refractivity contribution in [1.29, 1.82) is 0 Å². The van der Waals surface area contributed by atoms with Crippen molar-refractivity contribution in [2.75, 3.05) is 7.11 Å². The largest absolute Gasteiger partial charge is 0.481 e. The van der Waals surface area contributed by atoms with Crippen LogP contribution in [-0.2, 0) is 15.1 Å². The van der Waals surface area contributed by atoms with Gasteiger partial charge in [-0.3, -0.25) is 0 Å². The first-order valence-electron chi connectivity index (χ1n) is 8.38. The van der Waals surface area contributed by atoms with E-state index >= 15 is 8.78 Å². The molecule has 0 aliphatic carbocycles. The van der Waals surface area contributed by atoms with Gasteiger partial charge in [0.2, 0.25) is 11.7 Å². The molecule has 4 rings (SSSR count). The van der Waals surface area contributed by atoms with Crippen molar-refractivity contribution in [1.82, 2.24) is 15.0 Å². The minimum atomic E-state index is -5.15. The number of methoxy groups -OCH3 is 1. The molecule has 0 N–H and O–H groups in total. The molecule has 0 radical (unpaired) electrons. The predicted octanol–water partition coefficient (Wildman–Crippen LogP) is 4.94. The van der Waals surface area contributed by atoms with Crippen molar-refractivity contribution < 1.29 is 21.9 Å². The molecule has 3 aromatic heterocycles. The topological polar surface area (TPSA) is 82.0 Å². The van der Waals surface area contributed by atoms with Gasteiger partial charge in [-0.15, -0.1) is 11.3 Å². The van der Waals surface area contributed by atoms with Crippen LogP contribution >= 0.6 is 22.9 Å². The summed E-state index contributed by atoms with van der Waals surface area (Å²) in [6.07, 6.45) is 1.41. The second-order valence-corrected chi connectivity index (χ2v) is 9.44. The number of alkyl halides is 2. The molecule has 1 aromatic carbocycles. The fraction of sp³-hybridized carbons (Fsp3) is 0.105. The summed E-state index contributed by atoms with van der Waals surface area (Å²) in [5.74, 6) is -0.788. The Labute approximate surface area is 179 Å². The van der Waals surface area contributed by atoms with Gasteiger partial charge in [-0.1, -0.05) is 17.7 Å². The van der Waals surface area contributed by atoms with E-state index in [4.69, 9.17) is 16.3 Å². The number of rotatable bonds is 5. The zero-order valence-corrected chi connectivity index (χ0v) is 17.6. The molecular formula is C19H12ClF2N3O3S2. The first-order valence-corrected chi connectivity index (χ1v) is 11.1. The second-order valence-electron chi connectivity index (χ2n) is 6.10. The highest BCUT2D eigenvalue weighted by atomic mass is 35.5. The molecule has 3 heterocycles. The minimum absolute atomic E-state index is 0.0195. The van der Waals surface area contributed by atoms with Crippen LogP contribution in [0.2, 0.25) is 5.02 Å². The fourth-order valence-corrected chi connectivity index (χ4v) is 5.00. The van der Waals surface area contributed by atoms with Crippen molar-refractivity contribution in [2.24, 2.45) is 0 Å². The van der Waals surface area contributed by atoms with Crippen molar-refractivity contribution in [3.8, 4) is 17.1 Å². The Balaban J connectivity index is 1.90. The van der Waals surface area contributed by atoms with Crippen LogP contribution in [0.3, 0.4) is 0 Å². The van der Waals surface area contributed by atoms with Crippen LogP contribution in [0, 0.1) is 0 Å². The summed E-state index contributed by atoms with van der Waals surface area (Å²) in [4.78, 5) is 11.2. The molecule has 11 heteroatoms. The van der Waals surface area contributed by atoms with E-state index in [1.54, 1.807) is 17.5 Å². The highest BCUT2D eigenvalue weighted by molar-refractivity contribution is 7.92. The number of thiophene rings is 1. The van der Waals surface area contributed by atoms with Crippen LogP contribution < -0.4 is 4.74 Å².